The number of nitrogens with zero attached hydrogens (tertiary/aromatic N) is 5. The highest BCUT2D eigenvalue weighted by molar-refractivity contribution is 5.23. The van der Waals surface area contributed by atoms with E-state index in [1.54, 1.807) is 15.4 Å². The van der Waals surface area contributed by atoms with Crippen LogP contribution in [0.3, 0.4) is 0 Å². The maximum atomic E-state index is 5.49. The Kier molecular flexibility index (Phi) is 2.18. The van der Waals surface area contributed by atoms with Gasteiger partial charge in [-0.2, -0.15) is 5.10 Å². The van der Waals surface area contributed by atoms with Gasteiger partial charge in [-0.15, -0.1) is 5.10 Å². The minimum Gasteiger partial charge on any atom is -0.382 e. The van der Waals surface area contributed by atoms with Crippen LogP contribution in [-0.4, -0.2) is 24.8 Å². The van der Waals surface area contributed by atoms with Crippen LogP contribution in [0.4, 0.5) is 5.82 Å². The van der Waals surface area contributed by atoms with Gasteiger partial charge >= 0.3 is 0 Å². The first kappa shape index (κ1) is 8.74. The largest absolute Gasteiger partial charge is 0.382 e. The Hall–Kier alpha value is -1.85. The highest BCUT2D eigenvalue weighted by atomic mass is 15.4. The van der Waals surface area contributed by atoms with E-state index in [2.05, 4.69) is 15.4 Å². The molecule has 0 atom stereocenters. The molecule has 6 nitrogen and oxygen atoms in total. The molecule has 74 valence electrons. The van der Waals surface area contributed by atoms with Crippen molar-refractivity contribution in [2.45, 2.75) is 20.0 Å². The molecule has 0 radical (unpaired) electrons. The lowest BCUT2D eigenvalue weighted by Gasteiger charge is -1.95. The molecule has 0 aliphatic carbocycles. The first-order chi connectivity index (χ1) is 6.78. The van der Waals surface area contributed by atoms with Crippen LogP contribution in [0, 0.1) is 0 Å². The van der Waals surface area contributed by atoms with Gasteiger partial charge in [0.25, 0.3) is 0 Å². The first-order valence-corrected chi connectivity index (χ1v) is 4.46. The molecule has 0 amide bonds. The number of hydrogen-bond acceptors (Lipinski definition) is 4. The third-order valence-corrected chi connectivity index (χ3v) is 1.90. The Balaban J connectivity index is 2.10. The molecule has 14 heavy (non-hydrogen) atoms. The van der Waals surface area contributed by atoms with Crippen molar-refractivity contribution in [3.05, 3.63) is 24.2 Å². The van der Waals surface area contributed by atoms with Crippen molar-refractivity contribution in [2.75, 3.05) is 5.73 Å². The number of nitrogens with two attached hydrogens (primary N) is 1. The van der Waals surface area contributed by atoms with Crippen LogP contribution in [0.5, 0.6) is 0 Å². The van der Waals surface area contributed by atoms with Gasteiger partial charge in [0.15, 0.2) is 0 Å². The first-order valence-electron chi connectivity index (χ1n) is 4.46. The summed E-state index contributed by atoms with van der Waals surface area (Å²) in [6.45, 7) is 3.45. The topological polar surface area (TPSA) is 74.5 Å². The van der Waals surface area contributed by atoms with Crippen molar-refractivity contribution >= 4 is 5.82 Å². The fourth-order valence-corrected chi connectivity index (χ4v) is 1.20. The van der Waals surface area contributed by atoms with Crippen molar-refractivity contribution < 1.29 is 0 Å². The van der Waals surface area contributed by atoms with Crippen LogP contribution in [0.2, 0.25) is 0 Å². The normalized spacial score (nSPS) is 10.6. The highest BCUT2D eigenvalue weighted by Gasteiger charge is 2.01. The fourth-order valence-electron chi connectivity index (χ4n) is 1.20. The fraction of sp³-hybridized carbons (Fsp3) is 0.375. The monoisotopic (exact) mass is 192 g/mol. The van der Waals surface area contributed by atoms with Crippen molar-refractivity contribution in [1.82, 2.24) is 24.8 Å². The van der Waals surface area contributed by atoms with E-state index in [1.807, 2.05) is 19.3 Å². The van der Waals surface area contributed by atoms with Crippen molar-refractivity contribution in [3.63, 3.8) is 0 Å². The molecule has 0 fully saturated rings. The Morgan fingerprint density at radius 1 is 1.43 bits per heavy atom. The van der Waals surface area contributed by atoms with Gasteiger partial charge in [0.05, 0.1) is 12.7 Å². The minimum atomic E-state index is 0.521. The van der Waals surface area contributed by atoms with Gasteiger partial charge in [0.2, 0.25) is 0 Å². The van der Waals surface area contributed by atoms with E-state index in [0.29, 0.717) is 12.4 Å². The van der Waals surface area contributed by atoms with Crippen LogP contribution in [0.1, 0.15) is 12.6 Å². The smallest absolute Gasteiger partial charge is 0.145 e. The minimum absolute atomic E-state index is 0.521. The van der Waals surface area contributed by atoms with Crippen molar-refractivity contribution in [1.29, 1.82) is 0 Å². The summed E-state index contributed by atoms with van der Waals surface area (Å²) < 4.78 is 3.52. The van der Waals surface area contributed by atoms with Gasteiger partial charge in [0.1, 0.15) is 11.5 Å². The molecule has 0 aromatic carbocycles. The lowest BCUT2D eigenvalue weighted by atomic mass is 10.5. The van der Waals surface area contributed by atoms with Crippen LogP contribution in [0.15, 0.2) is 18.5 Å². The van der Waals surface area contributed by atoms with Gasteiger partial charge in [-0.25, -0.2) is 0 Å². The molecule has 0 saturated carbocycles. The second-order valence-corrected chi connectivity index (χ2v) is 3.00. The molecule has 0 spiro atoms. The zero-order valence-electron chi connectivity index (χ0n) is 7.96. The number of hydrogen-bond donors (Lipinski definition) is 1. The maximum absolute atomic E-state index is 5.49. The van der Waals surface area contributed by atoms with Crippen LogP contribution in [-0.2, 0) is 13.1 Å². The quantitative estimate of drug-likeness (QED) is 0.749. The zero-order chi connectivity index (χ0) is 9.97. The van der Waals surface area contributed by atoms with Crippen molar-refractivity contribution in [3.8, 4) is 0 Å². The lowest BCUT2D eigenvalue weighted by molar-refractivity contribution is 0.625. The van der Waals surface area contributed by atoms with Crippen LogP contribution < -0.4 is 5.73 Å². The van der Waals surface area contributed by atoms with E-state index in [4.69, 9.17) is 5.73 Å². The van der Waals surface area contributed by atoms with E-state index >= 15 is 0 Å². The Morgan fingerprint density at radius 3 is 2.86 bits per heavy atom. The summed E-state index contributed by atoms with van der Waals surface area (Å²) in [5.74, 6) is 0.521. The summed E-state index contributed by atoms with van der Waals surface area (Å²) in [6, 6.07) is 1.75. The maximum Gasteiger partial charge on any atom is 0.145 e. The molecule has 0 bridgehead atoms. The molecular weight excluding hydrogens is 180 g/mol. The van der Waals surface area contributed by atoms with E-state index in [1.165, 1.54) is 0 Å². The summed E-state index contributed by atoms with van der Waals surface area (Å²) in [4.78, 5) is 0. The van der Waals surface area contributed by atoms with Gasteiger partial charge in [-0.05, 0) is 13.0 Å². The van der Waals surface area contributed by atoms with E-state index in [0.717, 1.165) is 12.2 Å². The summed E-state index contributed by atoms with van der Waals surface area (Å²) in [5.41, 5.74) is 6.37. The molecule has 6 heteroatoms. The van der Waals surface area contributed by atoms with Gasteiger partial charge in [-0.1, -0.05) is 5.21 Å². The van der Waals surface area contributed by atoms with Crippen LogP contribution in [0.25, 0.3) is 0 Å². The SMILES string of the molecule is CCn1cc(Cn2ccc(N)n2)nn1. The second-order valence-electron chi connectivity index (χ2n) is 3.00. The van der Waals surface area contributed by atoms with Gasteiger partial charge in [0, 0.05) is 12.7 Å². The van der Waals surface area contributed by atoms with E-state index < -0.39 is 0 Å². The molecule has 2 heterocycles. The summed E-state index contributed by atoms with van der Waals surface area (Å²) in [6.07, 6.45) is 3.72. The summed E-state index contributed by atoms with van der Waals surface area (Å²) in [5, 5.41) is 12.0. The Labute approximate surface area is 81.3 Å². The summed E-state index contributed by atoms with van der Waals surface area (Å²) >= 11 is 0. The average Bonchev–Trinajstić information content (AvgIpc) is 2.76. The molecular formula is C8H12N6. The molecule has 0 aliphatic heterocycles. The highest BCUT2D eigenvalue weighted by Crippen LogP contribution is 2.00. The predicted molar refractivity (Wildman–Crippen MR) is 51.4 cm³/mol. The predicted octanol–water partition coefficient (Wildman–Crippen LogP) is 0.125. The average molecular weight is 192 g/mol. The van der Waals surface area contributed by atoms with E-state index in [-0.39, 0.29) is 0 Å². The molecule has 0 saturated heterocycles. The van der Waals surface area contributed by atoms with Crippen molar-refractivity contribution in [2.24, 2.45) is 0 Å². The molecule has 0 aliphatic rings. The van der Waals surface area contributed by atoms with Crippen LogP contribution >= 0.6 is 0 Å². The number of rotatable bonds is 3. The van der Waals surface area contributed by atoms with Gasteiger partial charge < -0.3 is 5.73 Å². The lowest BCUT2D eigenvalue weighted by Crippen LogP contribution is -2.01. The third kappa shape index (κ3) is 1.73. The number of aromatic nitrogens is 5. The third-order valence-electron chi connectivity index (χ3n) is 1.90. The van der Waals surface area contributed by atoms with E-state index in [9.17, 15) is 0 Å². The Morgan fingerprint density at radius 2 is 2.29 bits per heavy atom. The molecule has 2 aromatic rings. The standard InChI is InChI=1S/C8H12N6/c1-2-13-5-7(10-12-13)6-14-4-3-8(9)11-14/h3-5H,2,6H2,1H3,(H2,9,11). The molecule has 2 aromatic heterocycles. The van der Waals surface area contributed by atoms with Gasteiger partial charge in [-0.3, -0.25) is 9.36 Å². The number of nitrogen functional groups attached to an aromatic ring is 1. The zero-order valence-corrected chi connectivity index (χ0v) is 7.96. The second kappa shape index (κ2) is 3.49. The Bertz CT molecular complexity index is 415. The molecule has 2 rings (SSSR count). The number of anilines is 1. The number of aryl methyl sites for hydroxylation is 1. The summed E-state index contributed by atoms with van der Waals surface area (Å²) in [7, 11) is 0. The molecule has 0 unspecified atom stereocenters. The molecule has 2 N–H and O–H groups in total.